The van der Waals surface area contributed by atoms with Crippen molar-refractivity contribution in [1.82, 2.24) is 9.97 Å². The first-order valence-electron chi connectivity index (χ1n) is 6.92. The molecule has 23 heavy (non-hydrogen) atoms. The van der Waals surface area contributed by atoms with Crippen LogP contribution in [-0.4, -0.2) is 15.9 Å². The van der Waals surface area contributed by atoms with Crippen molar-refractivity contribution in [1.29, 1.82) is 0 Å². The van der Waals surface area contributed by atoms with E-state index in [2.05, 4.69) is 27.2 Å². The summed E-state index contributed by atoms with van der Waals surface area (Å²) in [6, 6.07) is 7.68. The third-order valence-electron chi connectivity index (χ3n) is 3.06. The van der Waals surface area contributed by atoms with E-state index in [4.69, 9.17) is 5.73 Å². The van der Waals surface area contributed by atoms with E-state index in [1.165, 1.54) is 5.56 Å². The van der Waals surface area contributed by atoms with Crippen LogP contribution in [0, 0.1) is 0 Å². The molecular formula is C15H16F3N5. The normalized spacial score (nSPS) is 12.3. The Morgan fingerprint density at radius 2 is 1.78 bits per heavy atom. The molecule has 3 N–H and O–H groups in total. The van der Waals surface area contributed by atoms with E-state index in [-0.39, 0.29) is 18.3 Å². The van der Waals surface area contributed by atoms with Crippen molar-refractivity contribution < 1.29 is 13.2 Å². The molecule has 5 nitrogen and oxygen atoms in total. The lowest BCUT2D eigenvalue weighted by atomic mass is 10.1. The van der Waals surface area contributed by atoms with Crippen LogP contribution in [0.5, 0.6) is 0 Å². The first-order valence-corrected chi connectivity index (χ1v) is 6.92. The van der Waals surface area contributed by atoms with Crippen LogP contribution < -0.4 is 11.1 Å². The van der Waals surface area contributed by atoms with Crippen LogP contribution in [0.2, 0.25) is 0 Å². The molecule has 1 aromatic carbocycles. The van der Waals surface area contributed by atoms with Crippen molar-refractivity contribution >= 4 is 11.6 Å². The van der Waals surface area contributed by atoms with Gasteiger partial charge in [0.2, 0.25) is 0 Å². The third-order valence-corrected chi connectivity index (χ3v) is 3.06. The highest BCUT2D eigenvalue weighted by Gasteiger charge is 2.31. The molecule has 8 heteroatoms. The Morgan fingerprint density at radius 1 is 1.17 bits per heavy atom. The zero-order chi connectivity index (χ0) is 16.9. The Labute approximate surface area is 131 Å². The minimum Gasteiger partial charge on any atom is -0.370 e. The number of hydrogen-bond acceptors (Lipinski definition) is 3. The van der Waals surface area contributed by atoms with Gasteiger partial charge in [-0.25, -0.2) is 15.0 Å². The van der Waals surface area contributed by atoms with E-state index < -0.39 is 11.7 Å². The monoisotopic (exact) mass is 323 g/mol. The summed E-state index contributed by atoms with van der Waals surface area (Å²) < 4.78 is 37.2. The number of guanidine groups is 1. The second kappa shape index (κ2) is 7.08. The Morgan fingerprint density at radius 3 is 2.30 bits per heavy atom. The minimum absolute atomic E-state index is 0.00991. The molecule has 0 aliphatic rings. The van der Waals surface area contributed by atoms with Gasteiger partial charge in [-0.3, -0.25) is 0 Å². The smallest absolute Gasteiger partial charge is 0.370 e. The predicted octanol–water partition coefficient (Wildman–Crippen LogP) is 2.98. The number of nitrogens with zero attached hydrogens (tertiary/aromatic N) is 3. The van der Waals surface area contributed by atoms with Crippen molar-refractivity contribution in [3.63, 3.8) is 0 Å². The topological polar surface area (TPSA) is 76.2 Å². The lowest BCUT2D eigenvalue weighted by Crippen LogP contribution is -2.22. The molecule has 0 amide bonds. The van der Waals surface area contributed by atoms with E-state index in [1.807, 2.05) is 24.3 Å². The molecule has 1 heterocycles. The van der Waals surface area contributed by atoms with Gasteiger partial charge in [0.05, 0.1) is 5.56 Å². The Balaban J connectivity index is 1.96. The maximum absolute atomic E-state index is 12.4. The molecule has 0 aliphatic heterocycles. The number of halogens is 3. The van der Waals surface area contributed by atoms with Crippen LogP contribution in [-0.2, 0) is 19.1 Å². The van der Waals surface area contributed by atoms with Gasteiger partial charge in [0.25, 0.3) is 0 Å². The maximum atomic E-state index is 12.4. The van der Waals surface area contributed by atoms with Crippen LogP contribution in [0.4, 0.5) is 18.9 Å². The summed E-state index contributed by atoms with van der Waals surface area (Å²) in [7, 11) is 0. The van der Waals surface area contributed by atoms with Crippen LogP contribution in [0.3, 0.4) is 0 Å². The Kier molecular flexibility index (Phi) is 5.15. The van der Waals surface area contributed by atoms with Crippen molar-refractivity contribution in [2.45, 2.75) is 26.1 Å². The van der Waals surface area contributed by atoms with E-state index in [1.54, 1.807) is 0 Å². The van der Waals surface area contributed by atoms with Gasteiger partial charge < -0.3 is 11.1 Å². The molecule has 0 radical (unpaired) electrons. The second-order valence-electron chi connectivity index (χ2n) is 4.76. The molecule has 0 aliphatic carbocycles. The Bertz CT molecular complexity index is 663. The summed E-state index contributed by atoms with van der Waals surface area (Å²) in [5.74, 6) is 0.293. The van der Waals surface area contributed by atoms with Crippen LogP contribution >= 0.6 is 0 Å². The fraction of sp³-hybridized carbons (Fsp3) is 0.267. The highest BCUT2D eigenvalue weighted by Crippen LogP contribution is 2.27. The highest BCUT2D eigenvalue weighted by atomic mass is 19.4. The van der Waals surface area contributed by atoms with Gasteiger partial charge in [-0.15, -0.1) is 0 Å². The lowest BCUT2D eigenvalue weighted by Gasteiger charge is -2.07. The third kappa shape index (κ3) is 4.94. The molecule has 0 unspecified atom stereocenters. The summed E-state index contributed by atoms with van der Waals surface area (Å²) in [5.41, 5.74) is 6.80. The van der Waals surface area contributed by atoms with E-state index in [0.29, 0.717) is 0 Å². The number of aromatic nitrogens is 2. The maximum Gasteiger partial charge on any atom is 0.419 e. The van der Waals surface area contributed by atoms with Gasteiger partial charge >= 0.3 is 6.18 Å². The van der Waals surface area contributed by atoms with Crippen molar-refractivity contribution in [3.8, 4) is 0 Å². The fourth-order valence-electron chi connectivity index (χ4n) is 1.75. The summed E-state index contributed by atoms with van der Waals surface area (Å²) in [6.45, 7) is 2.05. The molecule has 0 saturated heterocycles. The number of alkyl halides is 3. The predicted molar refractivity (Wildman–Crippen MR) is 81.8 cm³/mol. The molecule has 0 spiro atoms. The number of aryl methyl sites for hydroxylation is 1. The van der Waals surface area contributed by atoms with Gasteiger partial charge in [0.15, 0.2) is 5.96 Å². The summed E-state index contributed by atoms with van der Waals surface area (Å²) in [4.78, 5) is 11.3. The quantitative estimate of drug-likeness (QED) is 0.670. The molecule has 0 bridgehead atoms. The fourth-order valence-corrected chi connectivity index (χ4v) is 1.75. The second-order valence-corrected chi connectivity index (χ2v) is 4.76. The largest absolute Gasteiger partial charge is 0.419 e. The summed E-state index contributed by atoms with van der Waals surface area (Å²) >= 11 is 0. The van der Waals surface area contributed by atoms with Gasteiger partial charge in [0.1, 0.15) is 12.4 Å². The lowest BCUT2D eigenvalue weighted by molar-refractivity contribution is -0.138. The molecule has 122 valence electrons. The minimum atomic E-state index is -4.45. The van der Waals surface area contributed by atoms with Crippen molar-refractivity contribution in [2.75, 3.05) is 5.32 Å². The summed E-state index contributed by atoms with van der Waals surface area (Å²) in [6.07, 6.45) is -2.06. The van der Waals surface area contributed by atoms with Crippen molar-refractivity contribution in [3.05, 3.63) is 53.6 Å². The van der Waals surface area contributed by atoms with Crippen LogP contribution in [0.1, 0.15) is 23.9 Å². The molecule has 2 rings (SSSR count). The number of anilines is 1. The molecule has 0 saturated carbocycles. The highest BCUT2D eigenvalue weighted by molar-refractivity contribution is 5.92. The molecular weight excluding hydrogens is 307 g/mol. The average molecular weight is 323 g/mol. The summed E-state index contributed by atoms with van der Waals surface area (Å²) in [5, 5.41) is 2.89. The molecule has 0 fully saturated rings. The van der Waals surface area contributed by atoms with Gasteiger partial charge in [-0.05, 0) is 24.1 Å². The number of aliphatic imine (C=N–C) groups is 1. The van der Waals surface area contributed by atoms with Gasteiger partial charge in [-0.2, -0.15) is 13.2 Å². The number of rotatable bonds is 4. The SMILES string of the molecule is CCc1ccc(NC(N)=NCc2ncc(C(F)(F)F)cn2)cc1. The molecule has 2 aromatic rings. The van der Waals surface area contributed by atoms with E-state index >= 15 is 0 Å². The Hall–Kier alpha value is -2.64. The van der Waals surface area contributed by atoms with E-state index in [0.717, 1.165) is 24.5 Å². The van der Waals surface area contributed by atoms with E-state index in [9.17, 15) is 13.2 Å². The van der Waals surface area contributed by atoms with Crippen molar-refractivity contribution in [2.24, 2.45) is 10.7 Å². The van der Waals surface area contributed by atoms with Crippen LogP contribution in [0.15, 0.2) is 41.7 Å². The number of nitrogens with two attached hydrogens (primary N) is 1. The first-order chi connectivity index (χ1) is 10.9. The number of benzene rings is 1. The first kappa shape index (κ1) is 16.7. The van der Waals surface area contributed by atoms with Gasteiger partial charge in [-0.1, -0.05) is 19.1 Å². The zero-order valence-corrected chi connectivity index (χ0v) is 12.4. The standard InChI is InChI=1S/C15H16F3N5/c1-2-10-3-5-12(6-4-10)23-14(19)22-9-13-20-7-11(8-21-13)15(16,17)18/h3-8H,2,9H2,1H3,(H3,19,22,23). The average Bonchev–Trinajstić information content (AvgIpc) is 2.53. The molecule has 1 aromatic heterocycles. The van der Waals surface area contributed by atoms with Crippen LogP contribution in [0.25, 0.3) is 0 Å². The van der Waals surface area contributed by atoms with Gasteiger partial charge in [0, 0.05) is 18.1 Å². The zero-order valence-electron chi connectivity index (χ0n) is 12.4. The molecule has 0 atom stereocenters. The number of hydrogen-bond donors (Lipinski definition) is 2. The number of nitrogens with one attached hydrogen (secondary N) is 1.